The van der Waals surface area contributed by atoms with E-state index in [0.29, 0.717) is 0 Å². The number of rotatable bonds is 3. The van der Waals surface area contributed by atoms with E-state index in [-0.39, 0.29) is 12.3 Å². The van der Waals surface area contributed by atoms with Crippen LogP contribution in [0.1, 0.15) is 48.3 Å². The highest BCUT2D eigenvalue weighted by Gasteiger charge is 2.26. The molecule has 82 valence electrons. The normalized spacial score (nSPS) is 16.4. The number of hydrogen-bond acceptors (Lipinski definition) is 2. The number of aryl methyl sites for hydroxylation is 2. The molecule has 0 radical (unpaired) electrons. The Balaban J connectivity index is 2.31. The second-order valence-corrected chi connectivity index (χ2v) is 4.33. The van der Waals surface area contributed by atoms with Crippen LogP contribution in [0, 0.1) is 6.92 Å². The van der Waals surface area contributed by atoms with Crippen LogP contribution < -0.4 is 0 Å². The number of furan rings is 1. The van der Waals surface area contributed by atoms with Gasteiger partial charge < -0.3 is 9.52 Å². The Labute approximate surface area is 89.1 Å². The molecular weight excluding hydrogens is 192 g/mol. The first-order chi connectivity index (χ1) is 7.09. The van der Waals surface area contributed by atoms with Gasteiger partial charge in [-0.2, -0.15) is 0 Å². The molecule has 0 bridgehead atoms. The van der Waals surface area contributed by atoms with Crippen LogP contribution in [-0.4, -0.2) is 11.1 Å². The molecule has 0 saturated carbocycles. The van der Waals surface area contributed by atoms with E-state index in [9.17, 15) is 4.79 Å². The predicted molar refractivity (Wildman–Crippen MR) is 56.1 cm³/mol. The Morgan fingerprint density at radius 2 is 2.27 bits per heavy atom. The van der Waals surface area contributed by atoms with Gasteiger partial charge in [-0.3, -0.25) is 4.79 Å². The summed E-state index contributed by atoms with van der Waals surface area (Å²) in [6, 6.07) is 0. The molecule has 15 heavy (non-hydrogen) atoms. The third-order valence-corrected chi connectivity index (χ3v) is 3.12. The number of hydrogen-bond donors (Lipinski definition) is 1. The first-order valence-electron chi connectivity index (χ1n) is 5.42. The van der Waals surface area contributed by atoms with Crippen LogP contribution in [0.3, 0.4) is 0 Å². The van der Waals surface area contributed by atoms with Crippen molar-refractivity contribution in [3.05, 3.63) is 22.6 Å². The minimum absolute atomic E-state index is 0.0631. The maximum absolute atomic E-state index is 10.7. The van der Waals surface area contributed by atoms with Gasteiger partial charge in [-0.25, -0.2) is 0 Å². The number of carboxylic acid groups (broad SMARTS) is 1. The standard InChI is InChI=1S/C12H16O3/c1-7(6-11(13)14)12-8(2)15-10-5-3-4-9(10)12/h7H,3-6H2,1-2H3,(H,13,14). The monoisotopic (exact) mass is 208 g/mol. The first kappa shape index (κ1) is 10.3. The van der Waals surface area contributed by atoms with Gasteiger partial charge in [0.15, 0.2) is 0 Å². The van der Waals surface area contributed by atoms with Crippen LogP contribution >= 0.6 is 0 Å². The number of fused-ring (bicyclic) bond motifs is 1. The zero-order valence-electron chi connectivity index (χ0n) is 9.17. The summed E-state index contributed by atoms with van der Waals surface area (Å²) in [6.07, 6.45) is 3.38. The predicted octanol–water partition coefficient (Wildman–Crippen LogP) is 2.65. The van der Waals surface area contributed by atoms with Crippen LogP contribution in [0.5, 0.6) is 0 Å². The lowest BCUT2D eigenvalue weighted by Crippen LogP contribution is -2.04. The Morgan fingerprint density at radius 3 is 2.93 bits per heavy atom. The van der Waals surface area contributed by atoms with E-state index in [0.717, 1.165) is 36.3 Å². The lowest BCUT2D eigenvalue weighted by Gasteiger charge is -2.09. The molecule has 0 fully saturated rings. The number of carboxylic acids is 1. The van der Waals surface area contributed by atoms with Crippen LogP contribution in [0.4, 0.5) is 0 Å². The first-order valence-corrected chi connectivity index (χ1v) is 5.42. The molecule has 3 nitrogen and oxygen atoms in total. The summed E-state index contributed by atoms with van der Waals surface area (Å²) in [5.74, 6) is 1.32. The molecule has 0 aromatic carbocycles. The molecule has 1 atom stereocenters. The Morgan fingerprint density at radius 1 is 1.53 bits per heavy atom. The van der Waals surface area contributed by atoms with Gasteiger partial charge in [-0.1, -0.05) is 6.92 Å². The fourth-order valence-corrected chi connectivity index (χ4v) is 2.57. The molecule has 0 saturated heterocycles. The minimum atomic E-state index is -0.741. The number of aliphatic carboxylic acids is 1. The maximum Gasteiger partial charge on any atom is 0.303 e. The fourth-order valence-electron chi connectivity index (χ4n) is 2.57. The van der Waals surface area contributed by atoms with Gasteiger partial charge in [-0.15, -0.1) is 0 Å². The highest BCUT2D eigenvalue weighted by atomic mass is 16.4. The second kappa shape index (κ2) is 3.72. The molecule has 1 N–H and O–H groups in total. The fraction of sp³-hybridized carbons (Fsp3) is 0.583. The third-order valence-electron chi connectivity index (χ3n) is 3.12. The van der Waals surface area contributed by atoms with Crippen molar-refractivity contribution < 1.29 is 14.3 Å². The van der Waals surface area contributed by atoms with Gasteiger partial charge in [0.2, 0.25) is 0 Å². The Hall–Kier alpha value is -1.25. The summed E-state index contributed by atoms with van der Waals surface area (Å²) in [7, 11) is 0. The molecule has 3 heteroatoms. The van der Waals surface area contributed by atoms with E-state index in [1.807, 2.05) is 13.8 Å². The molecule has 0 amide bonds. The van der Waals surface area contributed by atoms with Gasteiger partial charge >= 0.3 is 5.97 Å². The molecule has 1 aliphatic carbocycles. The maximum atomic E-state index is 10.7. The summed E-state index contributed by atoms with van der Waals surface area (Å²) in [4.78, 5) is 10.7. The zero-order valence-corrected chi connectivity index (χ0v) is 9.17. The molecule has 1 aromatic heterocycles. The summed E-state index contributed by atoms with van der Waals surface area (Å²) in [6.45, 7) is 3.90. The highest BCUT2D eigenvalue weighted by molar-refractivity contribution is 5.68. The number of carbonyl (C=O) groups is 1. The summed E-state index contributed by atoms with van der Waals surface area (Å²) in [5, 5.41) is 8.79. The van der Waals surface area contributed by atoms with Gasteiger partial charge in [0.25, 0.3) is 0 Å². The molecule has 2 rings (SSSR count). The molecular formula is C12H16O3. The zero-order chi connectivity index (χ0) is 11.0. The smallest absolute Gasteiger partial charge is 0.303 e. The minimum Gasteiger partial charge on any atom is -0.481 e. The van der Waals surface area contributed by atoms with Crippen molar-refractivity contribution in [1.82, 2.24) is 0 Å². The van der Waals surface area contributed by atoms with Crippen LogP contribution in [0.25, 0.3) is 0 Å². The van der Waals surface area contributed by atoms with E-state index in [1.165, 1.54) is 5.56 Å². The Kier molecular flexibility index (Phi) is 2.55. The van der Waals surface area contributed by atoms with Crippen LogP contribution in [0.15, 0.2) is 4.42 Å². The Bertz CT molecular complexity index is 390. The van der Waals surface area contributed by atoms with Crippen molar-refractivity contribution in [1.29, 1.82) is 0 Å². The van der Waals surface area contributed by atoms with Crippen LogP contribution in [-0.2, 0) is 17.6 Å². The summed E-state index contributed by atoms with van der Waals surface area (Å²) < 4.78 is 5.67. The van der Waals surface area contributed by atoms with Gasteiger partial charge in [0.1, 0.15) is 11.5 Å². The van der Waals surface area contributed by atoms with E-state index < -0.39 is 5.97 Å². The van der Waals surface area contributed by atoms with Crippen molar-refractivity contribution in [3.63, 3.8) is 0 Å². The van der Waals surface area contributed by atoms with E-state index in [4.69, 9.17) is 9.52 Å². The second-order valence-electron chi connectivity index (χ2n) is 4.33. The topological polar surface area (TPSA) is 50.4 Å². The van der Waals surface area contributed by atoms with Gasteiger partial charge in [0, 0.05) is 12.0 Å². The van der Waals surface area contributed by atoms with E-state index in [1.54, 1.807) is 0 Å². The van der Waals surface area contributed by atoms with Crippen molar-refractivity contribution in [2.24, 2.45) is 0 Å². The van der Waals surface area contributed by atoms with Crippen LogP contribution in [0.2, 0.25) is 0 Å². The highest BCUT2D eigenvalue weighted by Crippen LogP contribution is 2.36. The lowest BCUT2D eigenvalue weighted by atomic mass is 9.93. The van der Waals surface area contributed by atoms with E-state index in [2.05, 4.69) is 0 Å². The van der Waals surface area contributed by atoms with Crippen molar-refractivity contribution in [2.45, 2.75) is 45.4 Å². The van der Waals surface area contributed by atoms with Crippen molar-refractivity contribution >= 4 is 5.97 Å². The van der Waals surface area contributed by atoms with Gasteiger partial charge in [0.05, 0.1) is 6.42 Å². The third kappa shape index (κ3) is 1.78. The SMILES string of the molecule is Cc1oc2c(c1C(C)CC(=O)O)CCC2. The summed E-state index contributed by atoms with van der Waals surface area (Å²) in [5.41, 5.74) is 2.42. The molecule has 0 aliphatic heterocycles. The molecule has 1 aromatic rings. The quantitative estimate of drug-likeness (QED) is 0.830. The lowest BCUT2D eigenvalue weighted by molar-refractivity contribution is -0.137. The average molecular weight is 208 g/mol. The molecule has 0 spiro atoms. The average Bonchev–Trinajstić information content (AvgIpc) is 2.60. The van der Waals surface area contributed by atoms with E-state index >= 15 is 0 Å². The molecule has 1 aliphatic rings. The summed E-state index contributed by atoms with van der Waals surface area (Å²) >= 11 is 0. The molecule has 1 unspecified atom stereocenters. The van der Waals surface area contributed by atoms with Gasteiger partial charge in [-0.05, 0) is 31.2 Å². The van der Waals surface area contributed by atoms with Crippen molar-refractivity contribution in [2.75, 3.05) is 0 Å². The largest absolute Gasteiger partial charge is 0.481 e. The van der Waals surface area contributed by atoms with Crippen molar-refractivity contribution in [3.8, 4) is 0 Å². The molecule has 1 heterocycles.